The molecule has 0 bridgehead atoms. The number of halogens is 1. The van der Waals surface area contributed by atoms with E-state index in [-0.39, 0.29) is 5.75 Å². The van der Waals surface area contributed by atoms with Gasteiger partial charge >= 0.3 is 0 Å². The van der Waals surface area contributed by atoms with Crippen LogP contribution in [-0.2, 0) is 5.75 Å². The fourth-order valence-electron chi connectivity index (χ4n) is 2.78. The van der Waals surface area contributed by atoms with Crippen LogP contribution in [0.5, 0.6) is 5.75 Å². The van der Waals surface area contributed by atoms with Gasteiger partial charge in [-0.15, -0.1) is 10.2 Å². The topological polar surface area (TPSA) is 48.2 Å². The van der Waals surface area contributed by atoms with Crippen LogP contribution in [0.3, 0.4) is 0 Å². The third-order valence-corrected chi connectivity index (χ3v) is 5.01. The molecule has 1 heterocycles. The number of hydrogen-bond acceptors (Lipinski definition) is 5. The minimum Gasteiger partial charge on any atom is -0.478 e. The van der Waals surface area contributed by atoms with Gasteiger partial charge in [0.15, 0.2) is 17.7 Å². The summed E-state index contributed by atoms with van der Waals surface area (Å²) in [6.07, 6.45) is -0.540. The Kier molecular flexibility index (Phi) is 5.07. The molecule has 1 aromatic heterocycles. The Morgan fingerprint density at radius 1 is 1.00 bits per heavy atom. The van der Waals surface area contributed by atoms with Crippen LogP contribution >= 0.6 is 11.8 Å². The van der Waals surface area contributed by atoms with Gasteiger partial charge in [0.05, 0.1) is 0 Å². The molecule has 0 N–H and O–H groups in total. The Bertz CT molecular complexity index is 1060. The second-order valence-corrected chi connectivity index (χ2v) is 6.95. The summed E-state index contributed by atoms with van der Waals surface area (Å²) in [4.78, 5) is 0. The molecule has 0 fully saturated rings. The first-order valence-electron chi connectivity index (χ1n) is 8.55. The highest BCUT2D eigenvalue weighted by Gasteiger charge is 2.17. The molecule has 0 spiro atoms. The first-order chi connectivity index (χ1) is 13.2. The van der Waals surface area contributed by atoms with Crippen LogP contribution in [0.15, 0.2) is 76.4 Å². The summed E-state index contributed by atoms with van der Waals surface area (Å²) in [6, 6.07) is 20.7. The van der Waals surface area contributed by atoms with Crippen molar-refractivity contribution in [2.45, 2.75) is 24.0 Å². The fourth-order valence-corrected chi connectivity index (χ4v) is 3.56. The van der Waals surface area contributed by atoms with Crippen LogP contribution in [0.1, 0.15) is 24.5 Å². The van der Waals surface area contributed by atoms with Crippen molar-refractivity contribution in [2.24, 2.45) is 0 Å². The Balaban J connectivity index is 1.44. The number of benzene rings is 3. The number of fused-ring (bicyclic) bond motifs is 1. The predicted octanol–water partition coefficient (Wildman–Crippen LogP) is 5.79. The highest BCUT2D eigenvalue weighted by molar-refractivity contribution is 7.98. The van der Waals surface area contributed by atoms with Crippen molar-refractivity contribution >= 4 is 22.5 Å². The second-order valence-electron chi connectivity index (χ2n) is 6.02. The summed E-state index contributed by atoms with van der Waals surface area (Å²) in [7, 11) is 0. The van der Waals surface area contributed by atoms with Crippen LogP contribution in [0, 0.1) is 5.82 Å². The number of para-hydroxylation sites is 1. The molecule has 0 amide bonds. The van der Waals surface area contributed by atoms with Crippen LogP contribution in [-0.4, -0.2) is 10.2 Å². The molecule has 1 unspecified atom stereocenters. The van der Waals surface area contributed by atoms with Crippen molar-refractivity contribution in [3.8, 4) is 5.75 Å². The maximum Gasteiger partial charge on any atom is 0.277 e. The van der Waals surface area contributed by atoms with Gasteiger partial charge in [-0.05, 0) is 35.4 Å². The Morgan fingerprint density at radius 3 is 2.67 bits per heavy atom. The van der Waals surface area contributed by atoms with Gasteiger partial charge < -0.3 is 9.15 Å². The molecule has 0 aliphatic heterocycles. The smallest absolute Gasteiger partial charge is 0.277 e. The lowest BCUT2D eigenvalue weighted by Gasteiger charge is -2.11. The van der Waals surface area contributed by atoms with E-state index in [0.717, 1.165) is 0 Å². The molecule has 0 saturated heterocycles. The summed E-state index contributed by atoms with van der Waals surface area (Å²) in [5.74, 6) is 0.771. The number of nitrogens with zero attached hydrogens (tertiary/aromatic N) is 2. The maximum absolute atomic E-state index is 13.7. The van der Waals surface area contributed by atoms with Crippen molar-refractivity contribution < 1.29 is 13.5 Å². The number of rotatable bonds is 6. The summed E-state index contributed by atoms with van der Waals surface area (Å²) in [5, 5.41) is 11.0. The fraction of sp³-hybridized carbons (Fsp3) is 0.143. The van der Waals surface area contributed by atoms with E-state index in [1.165, 1.54) is 34.2 Å². The van der Waals surface area contributed by atoms with E-state index in [9.17, 15) is 4.39 Å². The van der Waals surface area contributed by atoms with E-state index in [0.29, 0.717) is 16.9 Å². The Hall–Kier alpha value is -2.86. The molecule has 0 radical (unpaired) electrons. The van der Waals surface area contributed by atoms with Crippen LogP contribution in [0.25, 0.3) is 10.8 Å². The second kappa shape index (κ2) is 7.80. The van der Waals surface area contributed by atoms with Gasteiger partial charge in [0.1, 0.15) is 0 Å². The lowest BCUT2D eigenvalue weighted by atomic mass is 10.1. The number of ether oxygens (including phenoxy) is 1. The van der Waals surface area contributed by atoms with Gasteiger partial charge in [-0.3, -0.25) is 0 Å². The molecule has 0 aliphatic rings. The molecule has 3 aromatic carbocycles. The minimum absolute atomic E-state index is 0.160. The molecule has 0 aliphatic carbocycles. The normalized spacial score (nSPS) is 12.2. The van der Waals surface area contributed by atoms with Crippen molar-refractivity contribution in [3.05, 3.63) is 84.0 Å². The molecule has 4 aromatic rings. The van der Waals surface area contributed by atoms with E-state index in [2.05, 4.69) is 34.5 Å². The molecule has 4 nitrogen and oxygen atoms in total. The van der Waals surface area contributed by atoms with Gasteiger partial charge in [-0.25, -0.2) is 4.39 Å². The van der Waals surface area contributed by atoms with Gasteiger partial charge in [-0.1, -0.05) is 66.4 Å². The first-order valence-corrected chi connectivity index (χ1v) is 9.53. The molecular formula is C21H17FN2O2S. The largest absolute Gasteiger partial charge is 0.478 e. The SMILES string of the molecule is CC(Oc1ccccc1F)c1nnc(SCc2cccc3ccccc23)o1. The summed E-state index contributed by atoms with van der Waals surface area (Å²) < 4.78 is 25.0. The molecular weight excluding hydrogens is 363 g/mol. The highest BCUT2D eigenvalue weighted by Crippen LogP contribution is 2.29. The number of hydrogen-bond donors (Lipinski definition) is 0. The van der Waals surface area contributed by atoms with Crippen LogP contribution in [0.4, 0.5) is 4.39 Å². The van der Waals surface area contributed by atoms with E-state index in [1.807, 2.05) is 18.2 Å². The molecule has 4 rings (SSSR count). The molecule has 1 atom stereocenters. The summed E-state index contributed by atoms with van der Waals surface area (Å²) in [5.41, 5.74) is 1.20. The maximum atomic E-state index is 13.7. The average Bonchev–Trinajstić information content (AvgIpc) is 3.17. The monoisotopic (exact) mass is 380 g/mol. The average molecular weight is 380 g/mol. The van der Waals surface area contributed by atoms with Crippen LogP contribution < -0.4 is 4.74 Å². The standard InChI is InChI=1S/C21H17FN2O2S/c1-14(25-19-12-5-4-11-18(19)22)20-23-24-21(26-20)27-13-16-9-6-8-15-7-2-3-10-17(15)16/h2-12,14H,13H2,1H3. The lowest BCUT2D eigenvalue weighted by Crippen LogP contribution is -2.04. The molecule has 27 heavy (non-hydrogen) atoms. The highest BCUT2D eigenvalue weighted by atomic mass is 32.2. The first kappa shape index (κ1) is 17.5. The van der Waals surface area contributed by atoms with Gasteiger partial charge in [0.2, 0.25) is 0 Å². The van der Waals surface area contributed by atoms with E-state index >= 15 is 0 Å². The van der Waals surface area contributed by atoms with Crippen molar-refractivity contribution in [3.63, 3.8) is 0 Å². The van der Waals surface area contributed by atoms with Crippen molar-refractivity contribution in [2.75, 3.05) is 0 Å². The molecule has 136 valence electrons. The van der Waals surface area contributed by atoms with Crippen LogP contribution in [0.2, 0.25) is 0 Å². The van der Waals surface area contributed by atoms with Gasteiger partial charge in [0.25, 0.3) is 11.1 Å². The number of aromatic nitrogens is 2. The summed E-state index contributed by atoms with van der Waals surface area (Å²) >= 11 is 1.47. The zero-order valence-corrected chi connectivity index (χ0v) is 15.4. The number of thioether (sulfide) groups is 1. The zero-order valence-electron chi connectivity index (χ0n) is 14.6. The van der Waals surface area contributed by atoms with E-state index in [4.69, 9.17) is 9.15 Å². The van der Waals surface area contributed by atoms with Crippen molar-refractivity contribution in [1.82, 2.24) is 10.2 Å². The minimum atomic E-state index is -0.540. The van der Waals surface area contributed by atoms with E-state index < -0.39 is 11.9 Å². The van der Waals surface area contributed by atoms with Crippen molar-refractivity contribution in [1.29, 1.82) is 0 Å². The van der Waals surface area contributed by atoms with E-state index in [1.54, 1.807) is 25.1 Å². The van der Waals surface area contributed by atoms with Gasteiger partial charge in [-0.2, -0.15) is 0 Å². The molecule has 6 heteroatoms. The summed E-state index contributed by atoms with van der Waals surface area (Å²) in [6.45, 7) is 1.75. The Labute approximate surface area is 160 Å². The van der Waals surface area contributed by atoms with Gasteiger partial charge in [0, 0.05) is 5.75 Å². The Morgan fingerprint density at radius 2 is 1.78 bits per heavy atom. The molecule has 0 saturated carbocycles. The zero-order chi connectivity index (χ0) is 18.6. The third kappa shape index (κ3) is 3.95. The quantitative estimate of drug-likeness (QED) is 0.396. The predicted molar refractivity (Wildman–Crippen MR) is 103 cm³/mol. The lowest BCUT2D eigenvalue weighted by molar-refractivity contribution is 0.174. The third-order valence-electron chi connectivity index (χ3n) is 4.14.